The summed E-state index contributed by atoms with van der Waals surface area (Å²) in [5, 5.41) is 7.71. The molecule has 2 aromatic rings. The second-order valence-corrected chi connectivity index (χ2v) is 4.51. The van der Waals surface area contributed by atoms with E-state index in [1.165, 1.54) is 11.1 Å². The summed E-state index contributed by atoms with van der Waals surface area (Å²) in [4.78, 5) is 4.23. The lowest BCUT2D eigenvalue weighted by Gasteiger charge is -2.04. The molecule has 2 aromatic heterocycles. The molecule has 0 radical (unpaired) electrons. The van der Waals surface area contributed by atoms with Crippen LogP contribution in [0.2, 0.25) is 0 Å². The van der Waals surface area contributed by atoms with Crippen LogP contribution in [0.5, 0.6) is 0 Å². The van der Waals surface area contributed by atoms with E-state index >= 15 is 0 Å². The van der Waals surface area contributed by atoms with Crippen LogP contribution in [0.25, 0.3) is 0 Å². The van der Waals surface area contributed by atoms with Crippen LogP contribution in [0, 0.1) is 6.92 Å². The van der Waals surface area contributed by atoms with Gasteiger partial charge in [0.1, 0.15) is 0 Å². The monoisotopic (exact) mass is 233 g/mol. The van der Waals surface area contributed by atoms with Crippen molar-refractivity contribution in [2.24, 2.45) is 0 Å². The predicted molar refractivity (Wildman–Crippen MR) is 68.2 cm³/mol. The molecule has 0 saturated carbocycles. The minimum atomic E-state index is 0.706. The Balaban J connectivity index is 1.84. The number of pyridine rings is 1. The van der Waals surface area contributed by atoms with Gasteiger partial charge in [-0.05, 0) is 40.9 Å². The van der Waals surface area contributed by atoms with Gasteiger partial charge in [-0.15, -0.1) is 0 Å². The molecular weight excluding hydrogens is 218 g/mol. The Kier molecular flexibility index (Phi) is 3.54. The second kappa shape index (κ2) is 5.09. The molecule has 0 aliphatic carbocycles. The highest BCUT2D eigenvalue weighted by Crippen LogP contribution is 2.13. The van der Waals surface area contributed by atoms with E-state index in [-0.39, 0.29) is 0 Å². The van der Waals surface area contributed by atoms with Crippen LogP contribution >= 0.6 is 11.3 Å². The van der Waals surface area contributed by atoms with Crippen molar-refractivity contribution in [3.05, 3.63) is 45.9 Å². The number of nitrogens with one attached hydrogen (secondary N) is 1. The van der Waals surface area contributed by atoms with Crippen molar-refractivity contribution in [3.63, 3.8) is 0 Å². The maximum absolute atomic E-state index is 5.57. The van der Waals surface area contributed by atoms with Gasteiger partial charge in [0.2, 0.25) is 0 Å². The minimum Gasteiger partial charge on any atom is -0.397 e. The molecule has 0 bridgehead atoms. The van der Waals surface area contributed by atoms with Gasteiger partial charge < -0.3 is 11.1 Å². The van der Waals surface area contributed by atoms with Gasteiger partial charge in [-0.25, -0.2) is 0 Å². The fourth-order valence-corrected chi connectivity index (χ4v) is 2.29. The van der Waals surface area contributed by atoms with E-state index in [0.717, 1.165) is 18.8 Å². The molecule has 0 unspecified atom stereocenters. The number of aromatic nitrogens is 1. The number of aryl methyl sites for hydroxylation is 1. The smallest absolute Gasteiger partial charge is 0.0543 e. The molecule has 2 heterocycles. The van der Waals surface area contributed by atoms with Crippen LogP contribution in [0.4, 0.5) is 5.69 Å². The SMILES string of the molecule is Cc1cscc1CNCc1ccc(N)cn1. The van der Waals surface area contributed by atoms with Crippen LogP contribution in [0.3, 0.4) is 0 Å². The average Bonchev–Trinajstić information content (AvgIpc) is 2.68. The first-order valence-electron chi connectivity index (χ1n) is 5.18. The molecule has 0 atom stereocenters. The lowest BCUT2D eigenvalue weighted by Crippen LogP contribution is -2.13. The van der Waals surface area contributed by atoms with Crippen LogP contribution in [0.1, 0.15) is 16.8 Å². The van der Waals surface area contributed by atoms with Crippen LogP contribution in [0.15, 0.2) is 29.1 Å². The zero-order chi connectivity index (χ0) is 11.4. The van der Waals surface area contributed by atoms with E-state index in [9.17, 15) is 0 Å². The maximum Gasteiger partial charge on any atom is 0.0543 e. The first kappa shape index (κ1) is 11.1. The molecule has 16 heavy (non-hydrogen) atoms. The number of thiophene rings is 1. The highest BCUT2D eigenvalue weighted by Gasteiger charge is 1.99. The molecule has 0 aliphatic rings. The lowest BCUT2D eigenvalue weighted by molar-refractivity contribution is 0.679. The Morgan fingerprint density at radius 2 is 2.19 bits per heavy atom. The quantitative estimate of drug-likeness (QED) is 0.852. The number of rotatable bonds is 4. The minimum absolute atomic E-state index is 0.706. The van der Waals surface area contributed by atoms with Gasteiger partial charge >= 0.3 is 0 Å². The van der Waals surface area contributed by atoms with Crippen LogP contribution < -0.4 is 11.1 Å². The van der Waals surface area contributed by atoms with Crippen LogP contribution in [-0.4, -0.2) is 4.98 Å². The van der Waals surface area contributed by atoms with Gasteiger partial charge in [-0.3, -0.25) is 4.98 Å². The molecule has 0 fully saturated rings. The Morgan fingerprint density at radius 1 is 1.31 bits per heavy atom. The average molecular weight is 233 g/mol. The molecular formula is C12H15N3S. The summed E-state index contributed by atoms with van der Waals surface area (Å²) in [6.07, 6.45) is 1.69. The summed E-state index contributed by atoms with van der Waals surface area (Å²) in [7, 11) is 0. The van der Waals surface area contributed by atoms with Gasteiger partial charge in [0, 0.05) is 13.1 Å². The first-order valence-corrected chi connectivity index (χ1v) is 6.13. The topological polar surface area (TPSA) is 50.9 Å². The summed E-state index contributed by atoms with van der Waals surface area (Å²) in [6, 6.07) is 3.82. The lowest BCUT2D eigenvalue weighted by atomic mass is 10.2. The summed E-state index contributed by atoms with van der Waals surface area (Å²) in [5.41, 5.74) is 10.0. The molecule has 0 aliphatic heterocycles. The first-order chi connectivity index (χ1) is 7.75. The Bertz CT molecular complexity index is 448. The van der Waals surface area contributed by atoms with Crippen molar-refractivity contribution in [1.29, 1.82) is 0 Å². The fourth-order valence-electron chi connectivity index (χ4n) is 1.43. The molecule has 0 spiro atoms. The molecule has 4 heteroatoms. The number of nitrogens with two attached hydrogens (primary N) is 1. The number of hydrogen-bond acceptors (Lipinski definition) is 4. The fraction of sp³-hybridized carbons (Fsp3) is 0.250. The molecule has 0 aromatic carbocycles. The number of hydrogen-bond donors (Lipinski definition) is 2. The van der Waals surface area contributed by atoms with Gasteiger partial charge in [0.05, 0.1) is 17.6 Å². The van der Waals surface area contributed by atoms with Gasteiger partial charge in [-0.1, -0.05) is 0 Å². The van der Waals surface area contributed by atoms with Crippen molar-refractivity contribution in [2.45, 2.75) is 20.0 Å². The van der Waals surface area contributed by atoms with E-state index in [0.29, 0.717) is 5.69 Å². The van der Waals surface area contributed by atoms with E-state index in [4.69, 9.17) is 5.73 Å². The van der Waals surface area contributed by atoms with E-state index in [1.807, 2.05) is 12.1 Å². The Labute approximate surface area is 99.3 Å². The Morgan fingerprint density at radius 3 is 2.81 bits per heavy atom. The summed E-state index contributed by atoms with van der Waals surface area (Å²) >= 11 is 1.74. The van der Waals surface area contributed by atoms with Crippen molar-refractivity contribution < 1.29 is 0 Å². The standard InChI is InChI=1S/C12H15N3S/c1-9-7-16-8-10(9)4-14-6-12-3-2-11(13)5-15-12/h2-3,5,7-8,14H,4,6,13H2,1H3. The van der Waals surface area contributed by atoms with Crippen molar-refractivity contribution in [2.75, 3.05) is 5.73 Å². The third-order valence-corrected chi connectivity index (χ3v) is 3.34. The van der Waals surface area contributed by atoms with Gasteiger partial charge in [-0.2, -0.15) is 11.3 Å². The summed E-state index contributed by atoms with van der Waals surface area (Å²) in [5.74, 6) is 0. The molecule has 3 nitrogen and oxygen atoms in total. The number of nitrogens with zero attached hydrogens (tertiary/aromatic N) is 1. The van der Waals surface area contributed by atoms with E-state index < -0.39 is 0 Å². The van der Waals surface area contributed by atoms with Gasteiger partial charge in [0.25, 0.3) is 0 Å². The molecule has 0 saturated heterocycles. The van der Waals surface area contributed by atoms with Crippen LogP contribution in [-0.2, 0) is 13.1 Å². The third kappa shape index (κ3) is 2.81. The molecule has 84 valence electrons. The van der Waals surface area contributed by atoms with Crippen molar-refractivity contribution >= 4 is 17.0 Å². The number of anilines is 1. The van der Waals surface area contributed by atoms with Gasteiger partial charge in [0.15, 0.2) is 0 Å². The molecule has 3 N–H and O–H groups in total. The Hall–Kier alpha value is -1.39. The highest BCUT2D eigenvalue weighted by atomic mass is 32.1. The maximum atomic E-state index is 5.57. The van der Waals surface area contributed by atoms with Crippen molar-refractivity contribution in [3.8, 4) is 0 Å². The zero-order valence-electron chi connectivity index (χ0n) is 9.23. The number of nitrogen functional groups attached to an aromatic ring is 1. The third-order valence-electron chi connectivity index (χ3n) is 2.43. The predicted octanol–water partition coefficient (Wildman–Crippen LogP) is 2.32. The molecule has 2 rings (SSSR count). The van der Waals surface area contributed by atoms with E-state index in [2.05, 4.69) is 28.0 Å². The largest absolute Gasteiger partial charge is 0.397 e. The van der Waals surface area contributed by atoms with Crippen molar-refractivity contribution in [1.82, 2.24) is 10.3 Å². The van der Waals surface area contributed by atoms with E-state index in [1.54, 1.807) is 17.5 Å². The highest BCUT2D eigenvalue weighted by molar-refractivity contribution is 7.08. The normalized spacial score (nSPS) is 10.6. The zero-order valence-corrected chi connectivity index (χ0v) is 10.1. The second-order valence-electron chi connectivity index (χ2n) is 3.77. The summed E-state index contributed by atoms with van der Waals surface area (Å²) < 4.78 is 0. The molecule has 0 amide bonds. The summed E-state index contributed by atoms with van der Waals surface area (Å²) in [6.45, 7) is 3.80.